The summed E-state index contributed by atoms with van der Waals surface area (Å²) in [6.45, 7) is 13.9. The van der Waals surface area contributed by atoms with Crippen LogP contribution in [0.15, 0.2) is 18.2 Å². The summed E-state index contributed by atoms with van der Waals surface area (Å²) in [7, 11) is 0. The first kappa shape index (κ1) is 13.2. The standard InChI is InChI=1S/C14H21.Bi.2H/c1-13(2,3)11-9-7-8-10-12(11)14(4,5)6;;;/h7-9H,1-6H3;;;. The molecule has 1 rings (SSSR count). The van der Waals surface area contributed by atoms with Crippen LogP contribution in [0.25, 0.3) is 0 Å². The molecular weight excluding hydrogens is 377 g/mol. The molecule has 1 aromatic carbocycles. The van der Waals surface area contributed by atoms with E-state index >= 15 is 0 Å². The van der Waals surface area contributed by atoms with Crippen LogP contribution in [0.2, 0.25) is 0 Å². The topological polar surface area (TPSA) is 0 Å². The predicted octanol–water partition coefficient (Wildman–Crippen LogP) is 2.54. The molecule has 0 spiro atoms. The summed E-state index contributed by atoms with van der Waals surface area (Å²) in [5.74, 6) is 0. The molecule has 0 saturated carbocycles. The van der Waals surface area contributed by atoms with Gasteiger partial charge in [-0.1, -0.05) is 0 Å². The van der Waals surface area contributed by atoms with Crippen molar-refractivity contribution in [3.8, 4) is 0 Å². The van der Waals surface area contributed by atoms with E-state index in [2.05, 4.69) is 59.7 Å². The third kappa shape index (κ3) is 3.03. The Balaban J connectivity index is 3.48. The van der Waals surface area contributed by atoms with Gasteiger partial charge in [0.2, 0.25) is 0 Å². The van der Waals surface area contributed by atoms with Crippen molar-refractivity contribution < 1.29 is 0 Å². The van der Waals surface area contributed by atoms with Crippen molar-refractivity contribution in [2.24, 2.45) is 0 Å². The molecule has 0 aromatic heterocycles. The fraction of sp³-hybridized carbons (Fsp3) is 0.571. The van der Waals surface area contributed by atoms with E-state index in [0.717, 1.165) is 24.7 Å². The molecule has 0 nitrogen and oxygen atoms in total. The van der Waals surface area contributed by atoms with E-state index in [1.54, 1.807) is 8.83 Å². The van der Waals surface area contributed by atoms with Gasteiger partial charge in [0.15, 0.2) is 0 Å². The van der Waals surface area contributed by atoms with Gasteiger partial charge in [-0.3, -0.25) is 0 Å². The van der Waals surface area contributed by atoms with Gasteiger partial charge in [0.1, 0.15) is 0 Å². The van der Waals surface area contributed by atoms with Crippen molar-refractivity contribution >= 4 is 28.0 Å². The average Bonchev–Trinajstić information content (AvgIpc) is 1.99. The summed E-state index contributed by atoms with van der Waals surface area (Å²) in [5, 5.41) is 0. The molecule has 1 aromatic rings. The average molecular weight is 400 g/mol. The van der Waals surface area contributed by atoms with E-state index < -0.39 is 0 Å². The molecule has 15 heavy (non-hydrogen) atoms. The van der Waals surface area contributed by atoms with Gasteiger partial charge < -0.3 is 0 Å². The molecule has 0 fully saturated rings. The quantitative estimate of drug-likeness (QED) is 0.588. The molecule has 1 heteroatoms. The van der Waals surface area contributed by atoms with Crippen molar-refractivity contribution in [1.29, 1.82) is 0 Å². The molecule has 0 unspecified atom stereocenters. The molecule has 0 amide bonds. The van der Waals surface area contributed by atoms with Gasteiger partial charge in [-0.05, 0) is 0 Å². The minimum absolute atomic E-state index is 0.257. The molecule has 0 aliphatic carbocycles. The molecule has 0 N–H and O–H groups in total. The third-order valence-corrected chi connectivity index (χ3v) is 4.53. The molecule has 0 atom stereocenters. The maximum atomic E-state index is 2.32. The molecular formula is C14H23Bi. The third-order valence-electron chi connectivity index (χ3n) is 2.65. The Kier molecular flexibility index (Phi) is 3.66. The first-order valence-corrected chi connectivity index (χ1v) is 7.78. The molecule has 0 aliphatic rings. The zero-order chi connectivity index (χ0) is 11.9. The van der Waals surface area contributed by atoms with Crippen LogP contribution in [-0.2, 0) is 10.8 Å². The van der Waals surface area contributed by atoms with Gasteiger partial charge in [-0.2, -0.15) is 0 Å². The number of hydrogen-bond acceptors (Lipinski definition) is 0. The summed E-state index contributed by atoms with van der Waals surface area (Å²) in [4.78, 5) is 0. The van der Waals surface area contributed by atoms with Crippen LogP contribution in [0.1, 0.15) is 52.7 Å². The molecule has 84 valence electrons. The van der Waals surface area contributed by atoms with E-state index in [4.69, 9.17) is 0 Å². The van der Waals surface area contributed by atoms with Crippen molar-refractivity contribution in [3.05, 3.63) is 29.3 Å². The Morgan fingerprint density at radius 2 is 1.40 bits per heavy atom. The maximum absolute atomic E-state index is 2.32. The van der Waals surface area contributed by atoms with Gasteiger partial charge >= 0.3 is 110 Å². The summed E-state index contributed by atoms with van der Waals surface area (Å²) in [6.07, 6.45) is 0. The molecule has 0 radical (unpaired) electrons. The first-order chi connectivity index (χ1) is 6.64. The Bertz CT molecular complexity index is 351. The Morgan fingerprint density at radius 1 is 0.867 bits per heavy atom. The van der Waals surface area contributed by atoms with Crippen LogP contribution in [0.4, 0.5) is 0 Å². The zero-order valence-corrected chi connectivity index (χ0v) is 15.3. The van der Waals surface area contributed by atoms with Crippen LogP contribution >= 0.6 is 0 Å². The Morgan fingerprint density at radius 3 is 1.73 bits per heavy atom. The summed E-state index contributed by atoms with van der Waals surface area (Å²) < 4.78 is 1.58. The van der Waals surface area contributed by atoms with Crippen molar-refractivity contribution in [2.45, 2.75) is 52.4 Å². The van der Waals surface area contributed by atoms with Crippen LogP contribution in [0.5, 0.6) is 0 Å². The van der Waals surface area contributed by atoms with Gasteiger partial charge in [-0.25, -0.2) is 0 Å². The fourth-order valence-electron chi connectivity index (χ4n) is 2.03. The predicted molar refractivity (Wildman–Crippen MR) is 72.0 cm³/mol. The molecule has 0 bridgehead atoms. The number of rotatable bonds is 0. The van der Waals surface area contributed by atoms with E-state index in [1.165, 1.54) is 5.56 Å². The van der Waals surface area contributed by atoms with E-state index in [1.807, 2.05) is 0 Å². The normalized spacial score (nSPS) is 13.0. The number of benzene rings is 1. The zero-order valence-electron chi connectivity index (χ0n) is 10.8. The Labute approximate surface area is 109 Å². The second kappa shape index (κ2) is 4.17. The first-order valence-electron chi connectivity index (χ1n) is 5.53. The molecule has 0 saturated heterocycles. The summed E-state index contributed by atoms with van der Waals surface area (Å²) in [6, 6.07) is 6.80. The molecule has 0 heterocycles. The molecule has 0 aliphatic heterocycles. The fourth-order valence-corrected chi connectivity index (χ4v) is 4.75. The summed E-state index contributed by atoms with van der Waals surface area (Å²) >= 11 is 0.923. The van der Waals surface area contributed by atoms with Crippen LogP contribution in [0.3, 0.4) is 0 Å². The monoisotopic (exact) mass is 400 g/mol. The van der Waals surface area contributed by atoms with Crippen molar-refractivity contribution in [1.82, 2.24) is 0 Å². The van der Waals surface area contributed by atoms with Crippen LogP contribution in [-0.4, -0.2) is 24.7 Å². The number of hydrogen-bond donors (Lipinski definition) is 0. The van der Waals surface area contributed by atoms with Gasteiger partial charge in [-0.15, -0.1) is 0 Å². The second-order valence-corrected chi connectivity index (χ2v) is 8.69. The van der Waals surface area contributed by atoms with Gasteiger partial charge in [0, 0.05) is 0 Å². The van der Waals surface area contributed by atoms with Crippen molar-refractivity contribution in [2.75, 3.05) is 0 Å². The van der Waals surface area contributed by atoms with Crippen molar-refractivity contribution in [3.63, 3.8) is 0 Å². The van der Waals surface area contributed by atoms with Gasteiger partial charge in [0.05, 0.1) is 0 Å². The Hall–Kier alpha value is 0.103. The second-order valence-electron chi connectivity index (χ2n) is 6.27. The minimum atomic E-state index is 0.257. The van der Waals surface area contributed by atoms with Gasteiger partial charge in [0.25, 0.3) is 0 Å². The summed E-state index contributed by atoms with van der Waals surface area (Å²) in [5.41, 5.74) is 3.64. The van der Waals surface area contributed by atoms with E-state index in [-0.39, 0.29) is 10.8 Å². The van der Waals surface area contributed by atoms with E-state index in [0.29, 0.717) is 0 Å². The van der Waals surface area contributed by atoms with Crippen LogP contribution < -0.4 is 3.27 Å². The van der Waals surface area contributed by atoms with E-state index in [9.17, 15) is 0 Å². The SMILES string of the molecule is CC(C)(C)c1ccc[c]([BiH2])c1C(C)(C)C. The van der Waals surface area contributed by atoms with Crippen LogP contribution in [0, 0.1) is 0 Å².